The molecule has 1 atom stereocenters. The molecule has 3 rings (SSSR count). The van der Waals surface area contributed by atoms with E-state index in [-0.39, 0.29) is 40.6 Å². The van der Waals surface area contributed by atoms with Crippen molar-refractivity contribution in [3.8, 4) is 11.5 Å². The number of carbonyl (C=O) groups is 2. The van der Waals surface area contributed by atoms with Gasteiger partial charge in [-0.25, -0.2) is 4.79 Å². The van der Waals surface area contributed by atoms with Crippen molar-refractivity contribution in [3.05, 3.63) is 75.1 Å². The monoisotopic (exact) mass is 458 g/mol. The molecule has 0 saturated carbocycles. The average Bonchev–Trinajstić information content (AvgIpc) is 3.25. The molecule has 0 aliphatic carbocycles. The second-order valence-corrected chi connectivity index (χ2v) is 7.50. The van der Waals surface area contributed by atoms with Crippen LogP contribution in [0.15, 0.2) is 52.9 Å². The Morgan fingerprint density at radius 3 is 2.53 bits per heavy atom. The highest BCUT2D eigenvalue weighted by molar-refractivity contribution is 6.34. The number of benzene rings is 2. The minimum atomic E-state index is -0.995. The molecule has 0 radical (unpaired) electrons. The third-order valence-corrected chi connectivity index (χ3v) is 4.75. The number of rotatable bonds is 8. The molecule has 32 heavy (non-hydrogen) atoms. The van der Waals surface area contributed by atoms with Crippen molar-refractivity contribution in [2.75, 3.05) is 0 Å². The van der Waals surface area contributed by atoms with Crippen LogP contribution < -0.4 is 5.32 Å². The first kappa shape index (κ1) is 22.9. The summed E-state index contributed by atoms with van der Waals surface area (Å²) in [6.45, 7) is 3.18. The number of hydrogen-bond donors (Lipinski definition) is 1. The molecule has 1 amide bonds. The van der Waals surface area contributed by atoms with Crippen LogP contribution >= 0.6 is 11.6 Å². The van der Waals surface area contributed by atoms with Crippen molar-refractivity contribution < 1.29 is 23.7 Å². The predicted octanol–water partition coefficient (Wildman–Crippen LogP) is 3.80. The van der Waals surface area contributed by atoms with Crippen molar-refractivity contribution in [1.29, 1.82) is 0 Å². The summed E-state index contributed by atoms with van der Waals surface area (Å²) in [5, 5.41) is 21.1. The van der Waals surface area contributed by atoms with Gasteiger partial charge >= 0.3 is 5.97 Å². The SMILES string of the molecule is CC(C)[C@H](NC(=O)c1ccc([N+](=O)[O-])cc1Cl)C(=O)OCc1nnc(-c2ccccc2)o1. The van der Waals surface area contributed by atoms with E-state index in [4.69, 9.17) is 20.8 Å². The molecule has 0 saturated heterocycles. The maximum Gasteiger partial charge on any atom is 0.329 e. The number of amides is 1. The Balaban J connectivity index is 1.64. The smallest absolute Gasteiger partial charge is 0.329 e. The van der Waals surface area contributed by atoms with Gasteiger partial charge in [-0.3, -0.25) is 14.9 Å². The number of aromatic nitrogens is 2. The van der Waals surface area contributed by atoms with Gasteiger partial charge in [-0.2, -0.15) is 0 Å². The zero-order valence-corrected chi connectivity index (χ0v) is 17.9. The van der Waals surface area contributed by atoms with E-state index in [1.165, 1.54) is 6.07 Å². The molecule has 11 heteroatoms. The number of halogens is 1. The zero-order valence-electron chi connectivity index (χ0n) is 17.1. The third-order valence-electron chi connectivity index (χ3n) is 4.44. The fraction of sp³-hybridized carbons (Fsp3) is 0.238. The Kier molecular flexibility index (Phi) is 7.16. The zero-order chi connectivity index (χ0) is 23.3. The molecular formula is C21H19ClN4O6. The highest BCUT2D eigenvalue weighted by Gasteiger charge is 2.28. The molecule has 0 aliphatic rings. The van der Waals surface area contributed by atoms with E-state index in [0.29, 0.717) is 0 Å². The van der Waals surface area contributed by atoms with Gasteiger partial charge in [-0.05, 0) is 24.1 Å². The fourth-order valence-electron chi connectivity index (χ4n) is 2.75. The molecule has 0 fully saturated rings. The number of nitrogens with one attached hydrogen (secondary N) is 1. The van der Waals surface area contributed by atoms with Gasteiger partial charge in [0.1, 0.15) is 6.04 Å². The van der Waals surface area contributed by atoms with Gasteiger partial charge in [0.25, 0.3) is 17.5 Å². The molecule has 3 aromatic rings. The lowest BCUT2D eigenvalue weighted by Gasteiger charge is -2.20. The van der Waals surface area contributed by atoms with E-state index >= 15 is 0 Å². The summed E-state index contributed by atoms with van der Waals surface area (Å²) >= 11 is 6.00. The number of nitro benzene ring substituents is 1. The summed E-state index contributed by atoms with van der Waals surface area (Å²) in [6, 6.07) is 11.6. The van der Waals surface area contributed by atoms with Crippen molar-refractivity contribution in [1.82, 2.24) is 15.5 Å². The second kappa shape index (κ2) is 10.0. The minimum Gasteiger partial charge on any atom is -0.454 e. The van der Waals surface area contributed by atoms with Gasteiger partial charge in [0.2, 0.25) is 5.89 Å². The van der Waals surface area contributed by atoms with Crippen molar-refractivity contribution in [3.63, 3.8) is 0 Å². The largest absolute Gasteiger partial charge is 0.454 e. The Morgan fingerprint density at radius 1 is 1.19 bits per heavy atom. The number of nitro groups is 1. The predicted molar refractivity (Wildman–Crippen MR) is 114 cm³/mol. The fourth-order valence-corrected chi connectivity index (χ4v) is 3.01. The minimum absolute atomic E-state index is 0.000112. The summed E-state index contributed by atoms with van der Waals surface area (Å²) in [6.07, 6.45) is 0. The van der Waals surface area contributed by atoms with Crippen LogP contribution in [0.1, 0.15) is 30.1 Å². The van der Waals surface area contributed by atoms with Crippen LogP contribution in [-0.4, -0.2) is 33.0 Å². The number of carbonyl (C=O) groups excluding carboxylic acids is 2. The van der Waals surface area contributed by atoms with E-state index in [1.54, 1.807) is 26.0 Å². The Morgan fingerprint density at radius 2 is 1.91 bits per heavy atom. The van der Waals surface area contributed by atoms with Crippen LogP contribution in [-0.2, 0) is 16.1 Å². The number of non-ortho nitro benzene ring substituents is 1. The molecule has 0 spiro atoms. The normalized spacial score (nSPS) is 11.8. The maximum atomic E-state index is 12.6. The molecule has 0 bridgehead atoms. The van der Waals surface area contributed by atoms with Gasteiger partial charge in [-0.15, -0.1) is 10.2 Å². The maximum absolute atomic E-state index is 12.6. The molecule has 0 aliphatic heterocycles. The van der Waals surface area contributed by atoms with Crippen LogP contribution in [0, 0.1) is 16.0 Å². The summed E-state index contributed by atoms with van der Waals surface area (Å²) in [5.41, 5.74) is 0.478. The van der Waals surface area contributed by atoms with Gasteiger partial charge < -0.3 is 14.5 Å². The van der Waals surface area contributed by atoms with Crippen LogP contribution in [0.25, 0.3) is 11.5 Å². The number of ether oxygens (including phenoxy) is 1. The van der Waals surface area contributed by atoms with Gasteiger partial charge in [0.05, 0.1) is 15.5 Å². The van der Waals surface area contributed by atoms with Crippen LogP contribution in [0.4, 0.5) is 5.69 Å². The average molecular weight is 459 g/mol. The third kappa shape index (κ3) is 5.46. The van der Waals surface area contributed by atoms with E-state index in [0.717, 1.165) is 17.7 Å². The Labute approximate surface area is 187 Å². The highest BCUT2D eigenvalue weighted by atomic mass is 35.5. The van der Waals surface area contributed by atoms with Crippen molar-refractivity contribution >= 4 is 29.2 Å². The number of esters is 1. The van der Waals surface area contributed by atoms with Crippen LogP contribution in [0.3, 0.4) is 0 Å². The summed E-state index contributed by atoms with van der Waals surface area (Å²) < 4.78 is 10.7. The first-order chi connectivity index (χ1) is 15.3. The van der Waals surface area contributed by atoms with E-state index in [9.17, 15) is 19.7 Å². The van der Waals surface area contributed by atoms with Gasteiger partial charge in [-0.1, -0.05) is 43.6 Å². The molecule has 0 unspecified atom stereocenters. The first-order valence-corrected chi connectivity index (χ1v) is 9.93. The first-order valence-electron chi connectivity index (χ1n) is 9.55. The summed E-state index contributed by atoms with van der Waals surface area (Å²) in [5.74, 6) is -1.29. The number of hydrogen-bond acceptors (Lipinski definition) is 8. The molecule has 10 nitrogen and oxygen atoms in total. The van der Waals surface area contributed by atoms with Gasteiger partial charge in [0.15, 0.2) is 6.61 Å². The topological polar surface area (TPSA) is 137 Å². The van der Waals surface area contributed by atoms with Crippen LogP contribution in [0.5, 0.6) is 0 Å². The van der Waals surface area contributed by atoms with Crippen LogP contribution in [0.2, 0.25) is 5.02 Å². The molecule has 1 aromatic heterocycles. The van der Waals surface area contributed by atoms with Gasteiger partial charge in [0, 0.05) is 17.7 Å². The molecule has 1 heterocycles. The van der Waals surface area contributed by atoms with E-state index in [2.05, 4.69) is 15.5 Å². The molecule has 2 aromatic carbocycles. The number of nitrogens with zero attached hydrogens (tertiary/aromatic N) is 3. The van der Waals surface area contributed by atoms with Crippen molar-refractivity contribution in [2.45, 2.75) is 26.5 Å². The van der Waals surface area contributed by atoms with E-state index < -0.39 is 22.8 Å². The lowest BCUT2D eigenvalue weighted by Crippen LogP contribution is -2.45. The lowest BCUT2D eigenvalue weighted by atomic mass is 10.0. The molecular weight excluding hydrogens is 440 g/mol. The molecule has 1 N–H and O–H groups in total. The standard InChI is InChI=1S/C21H19ClN4O6/c1-12(2)18(23-19(27)15-9-8-14(26(29)30)10-16(15)22)21(28)31-11-17-24-25-20(32-17)13-6-4-3-5-7-13/h3-10,12,18H,11H2,1-2H3,(H,23,27)/t18-/m0/s1. The highest BCUT2D eigenvalue weighted by Crippen LogP contribution is 2.23. The van der Waals surface area contributed by atoms with Crippen molar-refractivity contribution in [2.24, 2.45) is 5.92 Å². The van der Waals surface area contributed by atoms with E-state index in [1.807, 2.05) is 18.2 Å². The Hall–Kier alpha value is -3.79. The quantitative estimate of drug-likeness (QED) is 0.305. The summed E-state index contributed by atoms with van der Waals surface area (Å²) in [4.78, 5) is 35.4. The second-order valence-electron chi connectivity index (χ2n) is 7.09. The Bertz CT molecular complexity index is 1130. The summed E-state index contributed by atoms with van der Waals surface area (Å²) in [7, 11) is 0. The molecule has 166 valence electrons. The lowest BCUT2D eigenvalue weighted by molar-refractivity contribution is -0.384.